The number of halogens is 1. The lowest BCUT2D eigenvalue weighted by Crippen LogP contribution is -2.13. The van der Waals surface area contributed by atoms with Gasteiger partial charge in [-0.25, -0.2) is 14.1 Å². The SMILES string of the molecule is Cc1ccc(-c2cc(C(=O)Nc3ncn(Cc4ccccc4F)n3)no2)cc1. The Kier molecular flexibility index (Phi) is 4.67. The number of anilines is 1. The predicted molar refractivity (Wildman–Crippen MR) is 100 cm³/mol. The standard InChI is InChI=1S/C20H16FN5O2/c1-13-6-8-14(9-7-13)18-10-17(25-28-18)19(27)23-20-22-12-26(24-20)11-15-4-2-3-5-16(15)21/h2-10,12H,11H2,1H3,(H,23,24,27). The molecule has 0 saturated heterocycles. The zero-order chi connectivity index (χ0) is 19.5. The molecule has 0 unspecified atom stereocenters. The molecule has 0 bridgehead atoms. The van der Waals surface area contributed by atoms with E-state index >= 15 is 0 Å². The number of rotatable bonds is 5. The van der Waals surface area contributed by atoms with E-state index in [1.54, 1.807) is 24.3 Å². The first-order valence-electron chi connectivity index (χ1n) is 8.56. The van der Waals surface area contributed by atoms with Gasteiger partial charge in [0.25, 0.3) is 5.91 Å². The maximum Gasteiger partial charge on any atom is 0.280 e. The first-order chi connectivity index (χ1) is 13.6. The first-order valence-corrected chi connectivity index (χ1v) is 8.56. The number of nitrogens with one attached hydrogen (secondary N) is 1. The number of aromatic nitrogens is 4. The number of aryl methyl sites for hydroxylation is 1. The highest BCUT2D eigenvalue weighted by atomic mass is 19.1. The monoisotopic (exact) mass is 377 g/mol. The fraction of sp³-hybridized carbons (Fsp3) is 0.100. The number of carbonyl (C=O) groups is 1. The van der Waals surface area contributed by atoms with Crippen molar-refractivity contribution in [2.24, 2.45) is 0 Å². The Balaban J connectivity index is 1.44. The number of benzene rings is 2. The predicted octanol–water partition coefficient (Wildman–Crippen LogP) is 3.68. The highest BCUT2D eigenvalue weighted by molar-refractivity contribution is 6.02. The van der Waals surface area contributed by atoms with E-state index in [0.29, 0.717) is 11.3 Å². The fourth-order valence-electron chi connectivity index (χ4n) is 2.63. The minimum absolute atomic E-state index is 0.0984. The van der Waals surface area contributed by atoms with Gasteiger partial charge in [-0.05, 0) is 13.0 Å². The van der Waals surface area contributed by atoms with E-state index in [4.69, 9.17) is 4.52 Å². The number of nitrogens with zero attached hydrogens (tertiary/aromatic N) is 4. The van der Waals surface area contributed by atoms with Crippen LogP contribution in [0.25, 0.3) is 11.3 Å². The molecule has 1 N–H and O–H groups in total. The van der Waals surface area contributed by atoms with Crippen molar-refractivity contribution in [1.29, 1.82) is 0 Å². The molecule has 28 heavy (non-hydrogen) atoms. The van der Waals surface area contributed by atoms with Crippen LogP contribution in [-0.2, 0) is 6.54 Å². The summed E-state index contributed by atoms with van der Waals surface area (Å²) in [4.78, 5) is 16.4. The van der Waals surface area contributed by atoms with Gasteiger partial charge in [0.2, 0.25) is 5.95 Å². The quantitative estimate of drug-likeness (QED) is 0.573. The van der Waals surface area contributed by atoms with Gasteiger partial charge < -0.3 is 4.52 Å². The van der Waals surface area contributed by atoms with E-state index in [0.717, 1.165) is 11.1 Å². The second-order valence-electron chi connectivity index (χ2n) is 6.25. The fourth-order valence-corrected chi connectivity index (χ4v) is 2.63. The van der Waals surface area contributed by atoms with Crippen LogP contribution in [0, 0.1) is 12.7 Å². The van der Waals surface area contributed by atoms with E-state index in [2.05, 4.69) is 20.6 Å². The van der Waals surface area contributed by atoms with Gasteiger partial charge in [0, 0.05) is 17.2 Å². The molecule has 4 aromatic rings. The van der Waals surface area contributed by atoms with Gasteiger partial charge >= 0.3 is 0 Å². The molecule has 0 aliphatic rings. The van der Waals surface area contributed by atoms with Gasteiger partial charge in [-0.2, -0.15) is 0 Å². The molecule has 0 fully saturated rings. The Morgan fingerprint density at radius 1 is 1.18 bits per heavy atom. The summed E-state index contributed by atoms with van der Waals surface area (Å²) in [7, 11) is 0. The first kappa shape index (κ1) is 17.6. The maximum absolute atomic E-state index is 13.7. The van der Waals surface area contributed by atoms with Crippen LogP contribution in [0.1, 0.15) is 21.6 Å². The van der Waals surface area contributed by atoms with Crippen molar-refractivity contribution in [3.63, 3.8) is 0 Å². The van der Waals surface area contributed by atoms with Gasteiger partial charge in [0.05, 0.1) is 6.54 Å². The minimum atomic E-state index is -0.495. The maximum atomic E-state index is 13.7. The van der Waals surface area contributed by atoms with E-state index in [9.17, 15) is 9.18 Å². The van der Waals surface area contributed by atoms with Crippen molar-refractivity contribution >= 4 is 11.9 Å². The zero-order valence-corrected chi connectivity index (χ0v) is 15.0. The molecule has 1 amide bonds. The van der Waals surface area contributed by atoms with Crippen LogP contribution in [0.5, 0.6) is 0 Å². The summed E-state index contributed by atoms with van der Waals surface area (Å²) in [5.41, 5.74) is 2.54. The normalized spacial score (nSPS) is 10.8. The van der Waals surface area contributed by atoms with Crippen LogP contribution in [0.2, 0.25) is 0 Å². The van der Waals surface area contributed by atoms with Gasteiger partial charge in [-0.15, -0.1) is 5.10 Å². The molecule has 2 aromatic carbocycles. The van der Waals surface area contributed by atoms with Gasteiger partial charge in [0.15, 0.2) is 11.5 Å². The summed E-state index contributed by atoms with van der Waals surface area (Å²) in [5.74, 6) is -0.231. The van der Waals surface area contributed by atoms with Crippen molar-refractivity contribution in [2.45, 2.75) is 13.5 Å². The number of carbonyl (C=O) groups excluding carboxylic acids is 1. The summed E-state index contributed by atoms with van der Waals surface area (Å²) < 4.78 is 20.4. The van der Waals surface area contributed by atoms with E-state index in [-0.39, 0.29) is 24.0 Å². The smallest absolute Gasteiger partial charge is 0.280 e. The largest absolute Gasteiger partial charge is 0.355 e. The molecule has 0 saturated carbocycles. The number of hydrogen-bond donors (Lipinski definition) is 1. The Hall–Kier alpha value is -3.81. The highest BCUT2D eigenvalue weighted by Crippen LogP contribution is 2.21. The molecule has 0 aliphatic carbocycles. The van der Waals surface area contributed by atoms with Crippen molar-refractivity contribution < 1.29 is 13.7 Å². The highest BCUT2D eigenvalue weighted by Gasteiger charge is 2.16. The lowest BCUT2D eigenvalue weighted by molar-refractivity contribution is 0.101. The molecule has 2 aromatic heterocycles. The van der Waals surface area contributed by atoms with Crippen LogP contribution in [0.15, 0.2) is 65.4 Å². The summed E-state index contributed by atoms with van der Waals surface area (Å²) in [6.07, 6.45) is 1.42. The average Bonchev–Trinajstić information content (AvgIpc) is 3.34. The Bertz CT molecular complexity index is 1120. The third-order valence-electron chi connectivity index (χ3n) is 4.13. The van der Waals surface area contributed by atoms with E-state index in [1.807, 2.05) is 31.2 Å². The van der Waals surface area contributed by atoms with Crippen LogP contribution in [0.3, 0.4) is 0 Å². The average molecular weight is 377 g/mol. The molecule has 0 atom stereocenters. The summed E-state index contributed by atoms with van der Waals surface area (Å²) in [6, 6.07) is 15.6. The van der Waals surface area contributed by atoms with E-state index in [1.165, 1.54) is 17.1 Å². The molecule has 140 valence electrons. The molecule has 8 heteroatoms. The Labute approximate surface area is 159 Å². The van der Waals surface area contributed by atoms with Gasteiger partial charge in [0.1, 0.15) is 12.1 Å². The van der Waals surface area contributed by atoms with Crippen molar-refractivity contribution in [2.75, 3.05) is 5.32 Å². The minimum Gasteiger partial charge on any atom is -0.355 e. The second-order valence-corrected chi connectivity index (χ2v) is 6.25. The molecular formula is C20H16FN5O2. The molecule has 2 heterocycles. The Morgan fingerprint density at radius 2 is 1.96 bits per heavy atom. The topological polar surface area (TPSA) is 85.8 Å². The Morgan fingerprint density at radius 3 is 2.75 bits per heavy atom. The molecule has 0 aliphatic heterocycles. The lowest BCUT2D eigenvalue weighted by atomic mass is 10.1. The summed E-state index contributed by atoms with van der Waals surface area (Å²) in [6.45, 7) is 2.19. The molecule has 0 spiro atoms. The van der Waals surface area contributed by atoms with Crippen molar-refractivity contribution in [1.82, 2.24) is 19.9 Å². The lowest BCUT2D eigenvalue weighted by Gasteiger charge is -2.02. The van der Waals surface area contributed by atoms with Gasteiger partial charge in [-0.3, -0.25) is 10.1 Å². The third kappa shape index (κ3) is 3.80. The summed E-state index contributed by atoms with van der Waals surface area (Å²) >= 11 is 0. The molecule has 0 radical (unpaired) electrons. The number of hydrogen-bond acceptors (Lipinski definition) is 5. The van der Waals surface area contributed by atoms with Crippen LogP contribution in [-0.4, -0.2) is 25.8 Å². The molecule has 7 nitrogen and oxygen atoms in total. The molecule has 4 rings (SSSR count). The van der Waals surface area contributed by atoms with Gasteiger partial charge in [-0.1, -0.05) is 53.2 Å². The van der Waals surface area contributed by atoms with Crippen LogP contribution >= 0.6 is 0 Å². The second kappa shape index (κ2) is 7.43. The van der Waals surface area contributed by atoms with Crippen LogP contribution < -0.4 is 5.32 Å². The van der Waals surface area contributed by atoms with Crippen molar-refractivity contribution in [3.8, 4) is 11.3 Å². The van der Waals surface area contributed by atoms with Crippen molar-refractivity contribution in [3.05, 3.63) is 83.6 Å². The number of amides is 1. The van der Waals surface area contributed by atoms with E-state index < -0.39 is 5.91 Å². The zero-order valence-electron chi connectivity index (χ0n) is 15.0. The third-order valence-corrected chi connectivity index (χ3v) is 4.13. The molecular weight excluding hydrogens is 361 g/mol. The summed E-state index contributed by atoms with van der Waals surface area (Å²) in [5, 5.41) is 10.5. The van der Waals surface area contributed by atoms with Crippen LogP contribution in [0.4, 0.5) is 10.3 Å².